The average Bonchev–Trinajstić information content (AvgIpc) is 2.58. The Hall–Kier alpha value is -1.76. The van der Waals surface area contributed by atoms with Crippen LogP contribution in [-0.2, 0) is 17.4 Å². The van der Waals surface area contributed by atoms with Gasteiger partial charge in [0.1, 0.15) is 0 Å². The highest BCUT2D eigenvalue weighted by Gasteiger charge is 2.36. The summed E-state index contributed by atoms with van der Waals surface area (Å²) in [5, 5.41) is 0. The minimum absolute atomic E-state index is 0.0609. The van der Waals surface area contributed by atoms with Crippen molar-refractivity contribution in [1.82, 2.24) is 9.80 Å². The highest BCUT2D eigenvalue weighted by atomic mass is 19.4. The lowest BCUT2D eigenvalue weighted by atomic mass is 10.0. The highest BCUT2D eigenvalue weighted by Crippen LogP contribution is 2.37. The van der Waals surface area contributed by atoms with E-state index >= 15 is 0 Å². The fraction of sp³-hybridized carbons (Fsp3) is 0.611. The molecule has 0 aromatic heterocycles. The summed E-state index contributed by atoms with van der Waals surface area (Å²) in [5.41, 5.74) is 0.304. The topological polar surface area (TPSA) is 26.8 Å². The number of alkyl halides is 3. The second-order valence-electron chi connectivity index (χ2n) is 6.62. The maximum absolute atomic E-state index is 13.4. The largest absolute Gasteiger partial charge is 0.418 e. The first-order valence-electron chi connectivity index (χ1n) is 8.60. The number of rotatable bonds is 5. The molecule has 2 rings (SSSR count). The van der Waals surface area contributed by atoms with E-state index in [2.05, 4.69) is 0 Å². The summed E-state index contributed by atoms with van der Waals surface area (Å²) in [5.74, 6) is 0.0609. The first-order chi connectivity index (χ1) is 11.7. The van der Waals surface area contributed by atoms with Crippen molar-refractivity contribution in [3.05, 3.63) is 29.3 Å². The molecule has 4 nitrogen and oxygen atoms in total. The predicted molar refractivity (Wildman–Crippen MR) is 92.8 cm³/mol. The summed E-state index contributed by atoms with van der Waals surface area (Å²) in [4.78, 5) is 17.6. The van der Waals surface area contributed by atoms with Crippen LogP contribution in [0.2, 0.25) is 0 Å². The van der Waals surface area contributed by atoms with Gasteiger partial charge >= 0.3 is 6.18 Å². The summed E-state index contributed by atoms with van der Waals surface area (Å²) in [6.07, 6.45) is -3.37. The molecule has 1 saturated heterocycles. The second kappa shape index (κ2) is 8.08. The number of carbonyl (C=O) groups excluding carboxylic acids is 1. The molecule has 0 spiro atoms. The molecule has 0 atom stereocenters. The summed E-state index contributed by atoms with van der Waals surface area (Å²) >= 11 is 0. The number of hydrogen-bond donors (Lipinski definition) is 0. The maximum Gasteiger partial charge on any atom is 0.418 e. The van der Waals surface area contributed by atoms with Crippen LogP contribution in [0.15, 0.2) is 18.2 Å². The summed E-state index contributed by atoms with van der Waals surface area (Å²) < 4.78 is 40.2. The van der Waals surface area contributed by atoms with Gasteiger partial charge in [0.25, 0.3) is 0 Å². The molecular formula is C18H26F3N3O. The first-order valence-corrected chi connectivity index (χ1v) is 8.60. The Morgan fingerprint density at radius 2 is 1.80 bits per heavy atom. The van der Waals surface area contributed by atoms with Crippen molar-refractivity contribution < 1.29 is 18.0 Å². The van der Waals surface area contributed by atoms with E-state index in [4.69, 9.17) is 0 Å². The number of hydrogen-bond acceptors (Lipinski definition) is 3. The van der Waals surface area contributed by atoms with Crippen LogP contribution in [0.4, 0.5) is 18.9 Å². The third kappa shape index (κ3) is 5.11. The molecule has 1 aliphatic rings. The first kappa shape index (κ1) is 19.6. The third-order valence-corrected chi connectivity index (χ3v) is 4.52. The van der Waals surface area contributed by atoms with Crippen LogP contribution >= 0.6 is 0 Å². The van der Waals surface area contributed by atoms with Gasteiger partial charge in [0.2, 0.25) is 5.91 Å². The lowest BCUT2D eigenvalue weighted by molar-refractivity contribution is -0.137. The predicted octanol–water partition coefficient (Wildman–Crippen LogP) is 2.87. The SMILES string of the molecule is CCc1ccc(N2CCN(C(=O)CCN(C)C)CC2)c(C(F)(F)F)c1. The smallest absolute Gasteiger partial charge is 0.367 e. The molecule has 1 aromatic rings. The van der Waals surface area contributed by atoms with E-state index in [1.54, 1.807) is 21.9 Å². The van der Waals surface area contributed by atoms with Crippen molar-refractivity contribution in [2.75, 3.05) is 51.7 Å². The van der Waals surface area contributed by atoms with E-state index < -0.39 is 11.7 Å². The minimum Gasteiger partial charge on any atom is -0.367 e. The van der Waals surface area contributed by atoms with Crippen LogP contribution < -0.4 is 4.90 Å². The number of anilines is 1. The Bertz CT molecular complexity index is 594. The van der Waals surface area contributed by atoms with Crippen LogP contribution in [0.3, 0.4) is 0 Å². The van der Waals surface area contributed by atoms with E-state index in [1.807, 2.05) is 25.9 Å². The van der Waals surface area contributed by atoms with Gasteiger partial charge in [-0.2, -0.15) is 13.2 Å². The molecule has 1 fully saturated rings. The third-order valence-electron chi connectivity index (χ3n) is 4.52. The van der Waals surface area contributed by atoms with Crippen molar-refractivity contribution in [2.24, 2.45) is 0 Å². The quantitative estimate of drug-likeness (QED) is 0.811. The van der Waals surface area contributed by atoms with Crippen molar-refractivity contribution in [2.45, 2.75) is 25.9 Å². The maximum atomic E-state index is 13.4. The number of aryl methyl sites for hydroxylation is 1. The molecule has 7 heteroatoms. The van der Waals surface area contributed by atoms with Crippen molar-refractivity contribution in [1.29, 1.82) is 0 Å². The molecule has 0 radical (unpaired) electrons. The molecule has 25 heavy (non-hydrogen) atoms. The van der Waals surface area contributed by atoms with Gasteiger partial charge < -0.3 is 14.7 Å². The molecule has 140 valence electrons. The van der Waals surface area contributed by atoms with Crippen LogP contribution in [0.25, 0.3) is 0 Å². The lowest BCUT2D eigenvalue weighted by Gasteiger charge is -2.37. The monoisotopic (exact) mass is 357 g/mol. The fourth-order valence-electron chi connectivity index (χ4n) is 2.98. The number of piperazine rings is 1. The summed E-state index contributed by atoms with van der Waals surface area (Å²) in [6.45, 7) is 4.27. The van der Waals surface area contributed by atoms with Crippen molar-refractivity contribution in [3.63, 3.8) is 0 Å². The number of nitrogens with zero attached hydrogens (tertiary/aromatic N) is 3. The molecule has 0 saturated carbocycles. The van der Waals surface area contributed by atoms with Crippen LogP contribution in [0, 0.1) is 0 Å². The van der Waals surface area contributed by atoms with E-state index in [0.29, 0.717) is 51.1 Å². The average molecular weight is 357 g/mol. The Kier molecular flexibility index (Phi) is 6.32. The fourth-order valence-corrected chi connectivity index (χ4v) is 2.98. The summed E-state index contributed by atoms with van der Waals surface area (Å²) in [7, 11) is 3.81. The lowest BCUT2D eigenvalue weighted by Crippen LogP contribution is -2.49. The van der Waals surface area contributed by atoms with Gasteiger partial charge in [0, 0.05) is 44.8 Å². The van der Waals surface area contributed by atoms with E-state index in [-0.39, 0.29) is 11.6 Å². The van der Waals surface area contributed by atoms with Crippen LogP contribution in [-0.4, -0.2) is 62.5 Å². The van der Waals surface area contributed by atoms with Crippen molar-refractivity contribution >= 4 is 11.6 Å². The van der Waals surface area contributed by atoms with Gasteiger partial charge in [-0.05, 0) is 38.2 Å². The van der Waals surface area contributed by atoms with Gasteiger partial charge in [-0.25, -0.2) is 0 Å². The molecule has 1 heterocycles. The number of halogens is 3. The number of carbonyl (C=O) groups is 1. The Morgan fingerprint density at radius 1 is 1.16 bits per heavy atom. The molecule has 1 amide bonds. The molecule has 0 N–H and O–H groups in total. The molecule has 0 unspecified atom stereocenters. The zero-order valence-electron chi connectivity index (χ0n) is 15.1. The minimum atomic E-state index is -4.38. The molecular weight excluding hydrogens is 331 g/mol. The van der Waals surface area contributed by atoms with E-state index in [9.17, 15) is 18.0 Å². The number of benzene rings is 1. The Morgan fingerprint density at radius 3 is 2.32 bits per heavy atom. The van der Waals surface area contributed by atoms with Gasteiger partial charge in [-0.3, -0.25) is 4.79 Å². The number of amides is 1. The summed E-state index contributed by atoms with van der Waals surface area (Å²) in [6, 6.07) is 4.55. The Balaban J connectivity index is 2.06. The van der Waals surface area contributed by atoms with Gasteiger partial charge in [-0.1, -0.05) is 13.0 Å². The molecule has 0 aliphatic carbocycles. The zero-order chi connectivity index (χ0) is 18.6. The van der Waals surface area contributed by atoms with E-state index in [0.717, 1.165) is 0 Å². The van der Waals surface area contributed by atoms with Gasteiger partial charge in [0.15, 0.2) is 0 Å². The molecule has 0 bridgehead atoms. The van der Waals surface area contributed by atoms with Crippen molar-refractivity contribution in [3.8, 4) is 0 Å². The second-order valence-corrected chi connectivity index (χ2v) is 6.62. The van der Waals surface area contributed by atoms with Crippen LogP contribution in [0.1, 0.15) is 24.5 Å². The van der Waals surface area contributed by atoms with Gasteiger partial charge in [-0.15, -0.1) is 0 Å². The highest BCUT2D eigenvalue weighted by molar-refractivity contribution is 5.76. The zero-order valence-corrected chi connectivity index (χ0v) is 15.1. The Labute approximate surface area is 147 Å². The van der Waals surface area contributed by atoms with Gasteiger partial charge in [0.05, 0.1) is 5.56 Å². The molecule has 1 aromatic carbocycles. The normalized spacial score (nSPS) is 15.8. The molecule has 1 aliphatic heterocycles. The van der Waals surface area contributed by atoms with E-state index in [1.165, 1.54) is 6.07 Å². The van der Waals surface area contributed by atoms with Crippen LogP contribution in [0.5, 0.6) is 0 Å². The standard InChI is InChI=1S/C18H26F3N3O/c1-4-14-5-6-16(15(13-14)18(19,20)21)23-9-11-24(12-10-23)17(25)7-8-22(2)3/h5-6,13H,4,7-12H2,1-3H3.